The van der Waals surface area contributed by atoms with Crippen molar-refractivity contribution in [1.29, 1.82) is 0 Å². The van der Waals surface area contributed by atoms with Gasteiger partial charge in [-0.05, 0) is 40.0 Å². The normalized spacial score (nSPS) is 14.9. The fraction of sp³-hybridized carbons (Fsp3) is 0.385. The fourth-order valence-electron chi connectivity index (χ4n) is 1.68. The fourth-order valence-corrected chi connectivity index (χ4v) is 2.53. The van der Waals surface area contributed by atoms with Crippen LogP contribution in [-0.4, -0.2) is 19.1 Å². The standard InChI is InChI=1S/C13H14BrClO2/c1-2-9(8-15)5-10-6-11(14)13-12(7-10)16-3-4-17-13/h5-7H,2-4,8H2,1H3. The van der Waals surface area contributed by atoms with E-state index < -0.39 is 0 Å². The Hall–Kier alpha value is -0.670. The zero-order chi connectivity index (χ0) is 12.3. The van der Waals surface area contributed by atoms with Crippen LogP contribution in [0.25, 0.3) is 6.08 Å². The molecule has 0 saturated carbocycles. The lowest BCUT2D eigenvalue weighted by atomic mass is 10.1. The van der Waals surface area contributed by atoms with E-state index in [1.165, 1.54) is 5.57 Å². The molecule has 0 aliphatic carbocycles. The first-order valence-corrected chi connectivity index (χ1v) is 6.92. The summed E-state index contributed by atoms with van der Waals surface area (Å²) in [5, 5.41) is 0. The molecule has 0 radical (unpaired) electrons. The van der Waals surface area contributed by atoms with Gasteiger partial charge in [0, 0.05) is 5.88 Å². The van der Waals surface area contributed by atoms with Crippen LogP contribution >= 0.6 is 27.5 Å². The molecule has 0 saturated heterocycles. The minimum absolute atomic E-state index is 0.558. The Morgan fingerprint density at radius 2 is 2.18 bits per heavy atom. The van der Waals surface area contributed by atoms with Gasteiger partial charge in [-0.15, -0.1) is 11.6 Å². The third-order valence-electron chi connectivity index (χ3n) is 2.62. The van der Waals surface area contributed by atoms with Crippen molar-refractivity contribution in [3.05, 3.63) is 27.7 Å². The van der Waals surface area contributed by atoms with Gasteiger partial charge >= 0.3 is 0 Å². The number of hydrogen-bond acceptors (Lipinski definition) is 2. The van der Waals surface area contributed by atoms with Crippen LogP contribution in [0.4, 0.5) is 0 Å². The molecule has 92 valence electrons. The van der Waals surface area contributed by atoms with Gasteiger partial charge in [-0.3, -0.25) is 0 Å². The summed E-state index contributed by atoms with van der Waals surface area (Å²) in [5.41, 5.74) is 2.29. The first-order valence-electron chi connectivity index (χ1n) is 5.59. The van der Waals surface area contributed by atoms with Gasteiger partial charge in [0.05, 0.1) is 4.47 Å². The molecule has 1 heterocycles. The van der Waals surface area contributed by atoms with E-state index in [2.05, 4.69) is 28.9 Å². The maximum atomic E-state index is 5.86. The van der Waals surface area contributed by atoms with Crippen molar-refractivity contribution >= 4 is 33.6 Å². The van der Waals surface area contributed by atoms with Gasteiger partial charge in [-0.2, -0.15) is 0 Å². The smallest absolute Gasteiger partial charge is 0.175 e. The van der Waals surface area contributed by atoms with E-state index in [4.69, 9.17) is 21.1 Å². The topological polar surface area (TPSA) is 18.5 Å². The zero-order valence-electron chi connectivity index (χ0n) is 9.63. The minimum atomic E-state index is 0.558. The molecule has 0 bridgehead atoms. The molecule has 0 aromatic heterocycles. The quantitative estimate of drug-likeness (QED) is 0.776. The van der Waals surface area contributed by atoms with Gasteiger partial charge in [0.25, 0.3) is 0 Å². The summed E-state index contributed by atoms with van der Waals surface area (Å²) in [4.78, 5) is 0. The van der Waals surface area contributed by atoms with E-state index >= 15 is 0 Å². The van der Waals surface area contributed by atoms with Crippen LogP contribution in [-0.2, 0) is 0 Å². The molecule has 4 heteroatoms. The van der Waals surface area contributed by atoms with Gasteiger partial charge in [-0.1, -0.05) is 18.6 Å². The molecule has 1 aliphatic rings. The van der Waals surface area contributed by atoms with E-state index in [0.717, 1.165) is 28.0 Å². The van der Waals surface area contributed by atoms with E-state index in [0.29, 0.717) is 19.1 Å². The highest BCUT2D eigenvalue weighted by Crippen LogP contribution is 2.39. The molecule has 1 aromatic carbocycles. The monoisotopic (exact) mass is 316 g/mol. The molecule has 2 nitrogen and oxygen atoms in total. The third-order valence-corrected chi connectivity index (χ3v) is 3.55. The van der Waals surface area contributed by atoms with Crippen LogP contribution < -0.4 is 9.47 Å². The van der Waals surface area contributed by atoms with Crippen molar-refractivity contribution in [2.45, 2.75) is 13.3 Å². The van der Waals surface area contributed by atoms with Gasteiger partial charge in [0.1, 0.15) is 13.2 Å². The lowest BCUT2D eigenvalue weighted by molar-refractivity contribution is 0.170. The number of alkyl halides is 1. The van der Waals surface area contributed by atoms with Gasteiger partial charge in [-0.25, -0.2) is 0 Å². The molecule has 1 aliphatic heterocycles. The predicted octanol–water partition coefficient (Wildman–Crippen LogP) is 4.25. The first kappa shape index (κ1) is 12.8. The molecule has 0 spiro atoms. The van der Waals surface area contributed by atoms with E-state index in [1.807, 2.05) is 12.1 Å². The van der Waals surface area contributed by atoms with E-state index in [9.17, 15) is 0 Å². The Labute approximate surface area is 115 Å². The van der Waals surface area contributed by atoms with Crippen molar-refractivity contribution in [2.24, 2.45) is 0 Å². The van der Waals surface area contributed by atoms with E-state index in [1.54, 1.807) is 0 Å². The van der Waals surface area contributed by atoms with Gasteiger partial charge in [0.15, 0.2) is 11.5 Å². The number of hydrogen-bond donors (Lipinski definition) is 0. The molecule has 17 heavy (non-hydrogen) atoms. The maximum Gasteiger partial charge on any atom is 0.175 e. The SMILES string of the molecule is CCC(=Cc1cc(Br)c2c(c1)OCCO2)CCl. The molecular weight excluding hydrogens is 303 g/mol. The van der Waals surface area contributed by atoms with Gasteiger partial charge < -0.3 is 9.47 Å². The summed E-state index contributed by atoms with van der Waals surface area (Å²) in [6, 6.07) is 4.01. The lowest BCUT2D eigenvalue weighted by Crippen LogP contribution is -2.15. The molecule has 0 amide bonds. The Morgan fingerprint density at radius 1 is 1.41 bits per heavy atom. The summed E-state index contributed by atoms with van der Waals surface area (Å²) in [6.07, 6.45) is 3.05. The summed E-state index contributed by atoms with van der Waals surface area (Å²) < 4.78 is 12.0. The van der Waals surface area contributed by atoms with Crippen LogP contribution in [0.2, 0.25) is 0 Å². The Balaban J connectivity index is 2.37. The number of ether oxygens (including phenoxy) is 2. The van der Waals surface area contributed by atoms with Crippen LogP contribution in [0, 0.1) is 0 Å². The highest BCUT2D eigenvalue weighted by atomic mass is 79.9. The third kappa shape index (κ3) is 2.96. The van der Waals surface area contributed by atoms with Crippen molar-refractivity contribution in [3.8, 4) is 11.5 Å². The maximum absolute atomic E-state index is 5.86. The molecule has 1 aromatic rings. The van der Waals surface area contributed by atoms with Crippen LogP contribution in [0.15, 0.2) is 22.2 Å². The molecule has 0 unspecified atom stereocenters. The summed E-state index contributed by atoms with van der Waals surface area (Å²) in [7, 11) is 0. The highest BCUT2D eigenvalue weighted by molar-refractivity contribution is 9.10. The Kier molecular flexibility index (Phi) is 4.35. The zero-order valence-corrected chi connectivity index (χ0v) is 12.0. The van der Waals surface area contributed by atoms with Crippen molar-refractivity contribution in [1.82, 2.24) is 0 Å². The second-order valence-electron chi connectivity index (χ2n) is 3.82. The largest absolute Gasteiger partial charge is 0.486 e. The number of halogens is 2. The van der Waals surface area contributed by atoms with Gasteiger partial charge in [0.2, 0.25) is 0 Å². The Morgan fingerprint density at radius 3 is 2.88 bits per heavy atom. The van der Waals surface area contributed by atoms with Crippen LogP contribution in [0.3, 0.4) is 0 Å². The molecule has 2 rings (SSSR count). The average molecular weight is 318 g/mol. The van der Waals surface area contributed by atoms with E-state index in [-0.39, 0.29) is 0 Å². The number of allylic oxidation sites excluding steroid dienone is 1. The van der Waals surface area contributed by atoms with Crippen molar-refractivity contribution < 1.29 is 9.47 Å². The molecule has 0 atom stereocenters. The average Bonchev–Trinajstić information content (AvgIpc) is 2.36. The first-order chi connectivity index (χ1) is 8.24. The second kappa shape index (κ2) is 5.78. The molecule has 0 fully saturated rings. The Bertz CT molecular complexity index is 437. The number of fused-ring (bicyclic) bond motifs is 1. The number of rotatable bonds is 3. The predicted molar refractivity (Wildman–Crippen MR) is 74.1 cm³/mol. The second-order valence-corrected chi connectivity index (χ2v) is 4.94. The van der Waals surface area contributed by atoms with Crippen LogP contribution in [0.5, 0.6) is 11.5 Å². The van der Waals surface area contributed by atoms with Crippen molar-refractivity contribution in [3.63, 3.8) is 0 Å². The molecule has 0 N–H and O–H groups in total. The molecular formula is C13H14BrClO2. The highest BCUT2D eigenvalue weighted by Gasteiger charge is 2.15. The summed E-state index contributed by atoms with van der Waals surface area (Å²) in [6.45, 7) is 3.30. The van der Waals surface area contributed by atoms with Crippen molar-refractivity contribution in [2.75, 3.05) is 19.1 Å². The number of benzene rings is 1. The summed E-state index contributed by atoms with van der Waals surface area (Å²) >= 11 is 9.36. The summed E-state index contributed by atoms with van der Waals surface area (Å²) in [5.74, 6) is 2.14. The lowest BCUT2D eigenvalue weighted by Gasteiger charge is -2.20. The minimum Gasteiger partial charge on any atom is -0.486 e. The van der Waals surface area contributed by atoms with Crippen LogP contribution in [0.1, 0.15) is 18.9 Å².